The molecule has 0 aliphatic carbocycles. The minimum atomic E-state index is -3.60. The number of hydrogen-bond donors (Lipinski definition) is 1. The van der Waals surface area contributed by atoms with E-state index in [1.54, 1.807) is 30.3 Å². The van der Waals surface area contributed by atoms with Crippen molar-refractivity contribution < 1.29 is 14.2 Å². The van der Waals surface area contributed by atoms with Crippen molar-refractivity contribution in [1.82, 2.24) is 0 Å². The number of hydrogen-bond acceptors (Lipinski definition) is 2. The highest BCUT2D eigenvalue weighted by molar-refractivity contribution is 9.10. The van der Waals surface area contributed by atoms with Crippen LogP contribution in [0.15, 0.2) is 40.9 Å². The zero-order chi connectivity index (χ0) is 12.9. The molecule has 2 aromatic carbocycles. The second-order valence-electron chi connectivity index (χ2n) is 4.24. The predicted molar refractivity (Wildman–Crippen MR) is 74.5 cm³/mol. The standard InChI is InChI=1S/C13H10BrO3P/c1-8-5-6-10-12(7-8)18(15,16)13-9(14)3-2-4-11(13)17-10/h2-7H,1H3,(H,15,16). The van der Waals surface area contributed by atoms with Gasteiger partial charge < -0.3 is 9.63 Å². The normalized spacial score (nSPS) is 20.8. The minimum Gasteiger partial charge on any atom is -0.456 e. The SMILES string of the molecule is Cc1ccc2c(c1)P(=O)(O)c1c(Br)cccc1O2. The molecule has 1 N–H and O–H groups in total. The lowest BCUT2D eigenvalue weighted by atomic mass is 10.2. The second-order valence-corrected chi connectivity index (χ2v) is 7.17. The first-order chi connectivity index (χ1) is 8.50. The number of fused-ring (bicyclic) bond motifs is 2. The molecule has 92 valence electrons. The van der Waals surface area contributed by atoms with Gasteiger partial charge in [0.05, 0.1) is 10.6 Å². The highest BCUT2D eigenvalue weighted by Gasteiger charge is 2.37. The van der Waals surface area contributed by atoms with Crippen LogP contribution in [0, 0.1) is 6.92 Å². The third-order valence-electron chi connectivity index (χ3n) is 2.91. The van der Waals surface area contributed by atoms with Gasteiger partial charge in [0.1, 0.15) is 11.5 Å². The molecular weight excluding hydrogens is 315 g/mol. The third kappa shape index (κ3) is 1.64. The fourth-order valence-corrected chi connectivity index (χ4v) is 4.95. The monoisotopic (exact) mass is 324 g/mol. The van der Waals surface area contributed by atoms with Crippen LogP contribution in [0.5, 0.6) is 11.5 Å². The molecule has 2 aromatic rings. The van der Waals surface area contributed by atoms with E-state index in [9.17, 15) is 9.46 Å². The largest absolute Gasteiger partial charge is 0.456 e. The van der Waals surface area contributed by atoms with Crippen LogP contribution in [0.2, 0.25) is 0 Å². The lowest BCUT2D eigenvalue weighted by Crippen LogP contribution is -2.25. The number of ether oxygens (including phenoxy) is 1. The van der Waals surface area contributed by atoms with Crippen LogP contribution in [0.3, 0.4) is 0 Å². The van der Waals surface area contributed by atoms with Gasteiger partial charge in [0.2, 0.25) is 0 Å². The molecule has 1 aliphatic rings. The average Bonchev–Trinajstić information content (AvgIpc) is 2.30. The molecule has 3 rings (SSSR count). The van der Waals surface area contributed by atoms with Gasteiger partial charge in [-0.25, -0.2) is 0 Å². The molecule has 0 bridgehead atoms. The maximum absolute atomic E-state index is 12.7. The van der Waals surface area contributed by atoms with Crippen LogP contribution >= 0.6 is 23.3 Å². The summed E-state index contributed by atoms with van der Waals surface area (Å²) in [7, 11) is -3.60. The van der Waals surface area contributed by atoms with E-state index in [4.69, 9.17) is 4.74 Å². The summed E-state index contributed by atoms with van der Waals surface area (Å²) in [5.74, 6) is 0.892. The number of halogens is 1. The van der Waals surface area contributed by atoms with Gasteiger partial charge in [-0.2, -0.15) is 0 Å². The molecule has 0 spiro atoms. The first kappa shape index (κ1) is 12.0. The zero-order valence-electron chi connectivity index (χ0n) is 9.55. The Kier molecular flexibility index (Phi) is 2.63. The van der Waals surface area contributed by atoms with E-state index >= 15 is 0 Å². The molecule has 3 nitrogen and oxygen atoms in total. The van der Waals surface area contributed by atoms with E-state index in [1.165, 1.54) is 0 Å². The molecule has 1 heterocycles. The Morgan fingerprint density at radius 3 is 2.78 bits per heavy atom. The van der Waals surface area contributed by atoms with Crippen LogP contribution in [0.4, 0.5) is 0 Å². The van der Waals surface area contributed by atoms with Crippen molar-refractivity contribution in [2.45, 2.75) is 6.92 Å². The minimum absolute atomic E-state index is 0.336. The van der Waals surface area contributed by atoms with Crippen molar-refractivity contribution in [2.75, 3.05) is 0 Å². The molecule has 0 fully saturated rings. The summed E-state index contributed by atoms with van der Waals surface area (Å²) in [5, 5.41) is 0.699. The van der Waals surface area contributed by atoms with Gasteiger partial charge >= 0.3 is 0 Å². The Balaban J connectivity index is 2.35. The van der Waals surface area contributed by atoms with E-state index in [0.29, 0.717) is 26.6 Å². The van der Waals surface area contributed by atoms with Crippen LogP contribution in [0.1, 0.15) is 5.56 Å². The fraction of sp³-hybridized carbons (Fsp3) is 0.0769. The topological polar surface area (TPSA) is 46.5 Å². The first-order valence-electron chi connectivity index (χ1n) is 5.41. The third-order valence-corrected chi connectivity index (χ3v) is 5.95. The molecule has 5 heteroatoms. The molecule has 0 radical (unpaired) electrons. The summed E-state index contributed by atoms with van der Waals surface area (Å²) >= 11 is 3.32. The fourth-order valence-electron chi connectivity index (χ4n) is 2.06. The van der Waals surface area contributed by atoms with Crippen molar-refractivity contribution in [1.29, 1.82) is 0 Å². The quantitative estimate of drug-likeness (QED) is 0.757. The van der Waals surface area contributed by atoms with Gasteiger partial charge in [-0.1, -0.05) is 17.7 Å². The number of benzene rings is 2. The van der Waals surface area contributed by atoms with Crippen LogP contribution in [-0.2, 0) is 4.57 Å². The van der Waals surface area contributed by atoms with Crippen molar-refractivity contribution >= 4 is 33.9 Å². The Morgan fingerprint density at radius 1 is 1.22 bits per heavy atom. The van der Waals surface area contributed by atoms with E-state index in [-0.39, 0.29) is 0 Å². The molecule has 0 amide bonds. The van der Waals surface area contributed by atoms with E-state index < -0.39 is 7.37 Å². The first-order valence-corrected chi connectivity index (χ1v) is 7.86. The molecule has 1 atom stereocenters. The molecule has 0 saturated heterocycles. The van der Waals surface area contributed by atoms with Gasteiger partial charge in [-0.15, -0.1) is 0 Å². The van der Waals surface area contributed by atoms with Crippen molar-refractivity contribution in [3.8, 4) is 11.5 Å². The molecule has 1 unspecified atom stereocenters. The molecule has 1 aliphatic heterocycles. The number of rotatable bonds is 0. The summed E-state index contributed by atoms with van der Waals surface area (Å²) in [5.41, 5.74) is 0.933. The molecular formula is C13H10BrO3P. The highest BCUT2D eigenvalue weighted by Crippen LogP contribution is 2.50. The Morgan fingerprint density at radius 2 is 2.00 bits per heavy atom. The van der Waals surface area contributed by atoms with Crippen molar-refractivity contribution in [3.63, 3.8) is 0 Å². The molecule has 18 heavy (non-hydrogen) atoms. The lowest BCUT2D eigenvalue weighted by molar-refractivity contribution is 0.465. The van der Waals surface area contributed by atoms with E-state index in [2.05, 4.69) is 15.9 Å². The van der Waals surface area contributed by atoms with Crippen molar-refractivity contribution in [2.24, 2.45) is 0 Å². The summed E-state index contributed by atoms with van der Waals surface area (Å²) in [6, 6.07) is 10.5. The number of aryl methyl sites for hydroxylation is 1. The van der Waals surface area contributed by atoms with Crippen LogP contribution in [-0.4, -0.2) is 4.89 Å². The lowest BCUT2D eigenvalue weighted by Gasteiger charge is -2.25. The van der Waals surface area contributed by atoms with Crippen LogP contribution < -0.4 is 15.3 Å². The van der Waals surface area contributed by atoms with E-state index in [1.807, 2.05) is 13.0 Å². The summed E-state index contributed by atoms with van der Waals surface area (Å²) in [6.45, 7) is 1.88. The Labute approximate surface area is 113 Å². The van der Waals surface area contributed by atoms with Gasteiger partial charge in [-0.3, -0.25) is 4.57 Å². The smallest absolute Gasteiger partial charge is 0.267 e. The van der Waals surface area contributed by atoms with Crippen LogP contribution in [0.25, 0.3) is 0 Å². The molecule has 0 saturated carbocycles. The van der Waals surface area contributed by atoms with Gasteiger partial charge in [0.15, 0.2) is 0 Å². The van der Waals surface area contributed by atoms with Crippen molar-refractivity contribution in [3.05, 3.63) is 46.4 Å². The summed E-state index contributed by atoms with van der Waals surface area (Å²) in [6.07, 6.45) is 0. The molecule has 0 aromatic heterocycles. The second kappa shape index (κ2) is 3.95. The van der Waals surface area contributed by atoms with Gasteiger partial charge in [0.25, 0.3) is 7.37 Å². The average molecular weight is 325 g/mol. The Bertz CT molecular complexity index is 697. The maximum atomic E-state index is 12.7. The Hall–Kier alpha value is -1.09. The summed E-state index contributed by atoms with van der Waals surface area (Å²) in [4.78, 5) is 10.4. The van der Waals surface area contributed by atoms with Gasteiger partial charge in [0, 0.05) is 4.47 Å². The van der Waals surface area contributed by atoms with E-state index in [0.717, 1.165) is 5.56 Å². The van der Waals surface area contributed by atoms with Gasteiger partial charge in [-0.05, 0) is 47.1 Å². The maximum Gasteiger partial charge on any atom is 0.267 e. The highest BCUT2D eigenvalue weighted by atomic mass is 79.9. The summed E-state index contributed by atoms with van der Waals surface area (Å²) < 4.78 is 19.0. The zero-order valence-corrected chi connectivity index (χ0v) is 12.0. The predicted octanol–water partition coefficient (Wildman–Crippen LogP) is 3.08.